The van der Waals surface area contributed by atoms with Gasteiger partial charge in [-0.2, -0.15) is 0 Å². The molecule has 3 aromatic carbocycles. The summed E-state index contributed by atoms with van der Waals surface area (Å²) in [4.78, 5) is 0. The van der Waals surface area contributed by atoms with Crippen molar-refractivity contribution in [3.05, 3.63) is 107 Å². The molecule has 0 amide bonds. The van der Waals surface area contributed by atoms with Crippen LogP contribution in [0.15, 0.2) is 78.9 Å². The van der Waals surface area contributed by atoms with Crippen molar-refractivity contribution in [3.63, 3.8) is 0 Å². The molecular formula is C24H26. The van der Waals surface area contributed by atoms with Crippen LogP contribution < -0.4 is 0 Å². The lowest BCUT2D eigenvalue weighted by Gasteiger charge is -2.25. The molecule has 0 heteroatoms. The molecule has 3 rings (SSSR count). The molecule has 0 heterocycles. The lowest BCUT2D eigenvalue weighted by molar-refractivity contribution is 0.613. The lowest BCUT2D eigenvalue weighted by atomic mass is 9.79. The second-order valence-corrected chi connectivity index (χ2v) is 6.82. The number of benzene rings is 3. The van der Waals surface area contributed by atoms with Gasteiger partial charge in [-0.25, -0.2) is 0 Å². The zero-order valence-electron chi connectivity index (χ0n) is 14.9. The third-order valence-electron chi connectivity index (χ3n) is 5.05. The average molecular weight is 314 g/mol. The van der Waals surface area contributed by atoms with Gasteiger partial charge in [0.2, 0.25) is 0 Å². The molecule has 0 aliphatic rings. The fourth-order valence-corrected chi connectivity index (χ4v) is 3.75. The molecule has 0 bridgehead atoms. The molecule has 0 fully saturated rings. The van der Waals surface area contributed by atoms with Gasteiger partial charge in [0.25, 0.3) is 0 Å². The summed E-state index contributed by atoms with van der Waals surface area (Å²) in [7, 11) is 0. The van der Waals surface area contributed by atoms with Crippen molar-refractivity contribution >= 4 is 0 Å². The summed E-state index contributed by atoms with van der Waals surface area (Å²) < 4.78 is 0. The molecule has 0 nitrogen and oxygen atoms in total. The van der Waals surface area contributed by atoms with Crippen molar-refractivity contribution < 1.29 is 0 Å². The Bertz CT molecular complexity index is 751. The van der Waals surface area contributed by atoms with Gasteiger partial charge >= 0.3 is 0 Å². The third kappa shape index (κ3) is 3.59. The fraction of sp³-hybridized carbons (Fsp3) is 0.250. The lowest BCUT2D eigenvalue weighted by Crippen LogP contribution is -2.09. The molecule has 24 heavy (non-hydrogen) atoms. The van der Waals surface area contributed by atoms with Crippen LogP contribution in [0.1, 0.15) is 53.0 Å². The van der Waals surface area contributed by atoms with Crippen molar-refractivity contribution in [3.8, 4) is 0 Å². The molecular weight excluding hydrogens is 288 g/mol. The summed E-state index contributed by atoms with van der Waals surface area (Å²) in [5.41, 5.74) is 7.11. The topological polar surface area (TPSA) is 0 Å². The van der Waals surface area contributed by atoms with Gasteiger partial charge in [0.05, 0.1) is 0 Å². The smallest absolute Gasteiger partial charge is 0.0100 e. The van der Waals surface area contributed by atoms with Gasteiger partial charge in [-0.3, -0.25) is 0 Å². The molecule has 0 N–H and O–H groups in total. The Morgan fingerprint density at radius 1 is 0.625 bits per heavy atom. The minimum atomic E-state index is 0.433. The quantitative estimate of drug-likeness (QED) is 0.496. The molecule has 0 spiro atoms. The van der Waals surface area contributed by atoms with Gasteiger partial charge in [-0.1, -0.05) is 85.8 Å². The van der Waals surface area contributed by atoms with Gasteiger partial charge in [0.15, 0.2) is 0 Å². The molecule has 122 valence electrons. The Balaban J connectivity index is 2.00. The minimum Gasteiger partial charge on any atom is -0.0622 e. The summed E-state index contributed by atoms with van der Waals surface area (Å²) in [5.74, 6) is 0.956. The maximum Gasteiger partial charge on any atom is 0.0100 e. The SMILES string of the molecule is Cc1cccc(C)c1C(CC(C)c1ccccc1)c1ccccc1. The molecule has 2 atom stereocenters. The van der Waals surface area contributed by atoms with E-state index in [4.69, 9.17) is 0 Å². The Morgan fingerprint density at radius 2 is 1.12 bits per heavy atom. The average Bonchev–Trinajstić information content (AvgIpc) is 2.62. The highest BCUT2D eigenvalue weighted by atomic mass is 14.2. The Morgan fingerprint density at radius 3 is 1.67 bits per heavy atom. The van der Waals surface area contributed by atoms with Crippen molar-refractivity contribution in [2.75, 3.05) is 0 Å². The second kappa shape index (κ2) is 7.49. The van der Waals surface area contributed by atoms with Gasteiger partial charge < -0.3 is 0 Å². The van der Waals surface area contributed by atoms with Crippen molar-refractivity contribution in [2.45, 2.75) is 39.0 Å². The number of hydrogen-bond acceptors (Lipinski definition) is 0. The standard InChI is InChI=1S/C24H26/c1-18-11-10-12-19(2)24(18)23(22-15-8-5-9-16-22)17-20(3)21-13-6-4-7-14-21/h4-16,20,23H,17H2,1-3H3. The summed E-state index contributed by atoms with van der Waals surface area (Å²) in [6.45, 7) is 6.83. The normalized spacial score (nSPS) is 13.5. The second-order valence-electron chi connectivity index (χ2n) is 6.82. The van der Waals surface area contributed by atoms with E-state index in [-0.39, 0.29) is 0 Å². The summed E-state index contributed by atoms with van der Waals surface area (Å²) in [6, 6.07) is 28.5. The van der Waals surface area contributed by atoms with Crippen LogP contribution >= 0.6 is 0 Å². The third-order valence-corrected chi connectivity index (χ3v) is 5.05. The number of rotatable bonds is 5. The maximum atomic E-state index is 2.35. The highest BCUT2D eigenvalue weighted by Gasteiger charge is 2.21. The van der Waals surface area contributed by atoms with Crippen molar-refractivity contribution in [2.24, 2.45) is 0 Å². The Labute approximate surface area is 146 Å². The fourth-order valence-electron chi connectivity index (χ4n) is 3.75. The summed E-state index contributed by atoms with van der Waals surface area (Å²) in [6.07, 6.45) is 1.12. The van der Waals surface area contributed by atoms with E-state index in [0.29, 0.717) is 11.8 Å². The van der Waals surface area contributed by atoms with E-state index in [0.717, 1.165) is 6.42 Å². The van der Waals surface area contributed by atoms with Crippen LogP contribution in [-0.2, 0) is 0 Å². The number of aryl methyl sites for hydroxylation is 2. The summed E-state index contributed by atoms with van der Waals surface area (Å²) >= 11 is 0. The highest BCUT2D eigenvalue weighted by Crippen LogP contribution is 2.37. The van der Waals surface area contributed by atoms with E-state index in [9.17, 15) is 0 Å². The first-order valence-corrected chi connectivity index (χ1v) is 8.83. The zero-order chi connectivity index (χ0) is 16.9. The molecule has 0 aliphatic heterocycles. The van der Waals surface area contributed by atoms with Gasteiger partial charge in [0.1, 0.15) is 0 Å². The van der Waals surface area contributed by atoms with Crippen molar-refractivity contribution in [1.29, 1.82) is 0 Å². The first-order chi connectivity index (χ1) is 11.7. The van der Waals surface area contributed by atoms with E-state index in [1.807, 2.05) is 0 Å². The van der Waals surface area contributed by atoms with E-state index < -0.39 is 0 Å². The van der Waals surface area contributed by atoms with Gasteiger partial charge in [0, 0.05) is 5.92 Å². The number of hydrogen-bond donors (Lipinski definition) is 0. The molecule has 0 radical (unpaired) electrons. The van der Waals surface area contributed by atoms with Crippen LogP contribution in [0.4, 0.5) is 0 Å². The van der Waals surface area contributed by atoms with E-state index in [1.54, 1.807) is 0 Å². The van der Waals surface area contributed by atoms with E-state index in [1.165, 1.54) is 27.8 Å². The Kier molecular flexibility index (Phi) is 5.15. The molecule has 3 aromatic rings. The van der Waals surface area contributed by atoms with E-state index in [2.05, 4.69) is 99.6 Å². The predicted molar refractivity (Wildman–Crippen MR) is 104 cm³/mol. The highest BCUT2D eigenvalue weighted by molar-refractivity contribution is 5.43. The molecule has 0 aromatic heterocycles. The van der Waals surface area contributed by atoms with Gasteiger partial charge in [-0.05, 0) is 54.0 Å². The first-order valence-electron chi connectivity index (χ1n) is 8.83. The molecule has 0 saturated carbocycles. The van der Waals surface area contributed by atoms with Crippen LogP contribution in [0.25, 0.3) is 0 Å². The monoisotopic (exact) mass is 314 g/mol. The molecule has 0 saturated heterocycles. The largest absolute Gasteiger partial charge is 0.0622 e. The zero-order valence-corrected chi connectivity index (χ0v) is 14.9. The van der Waals surface area contributed by atoms with Crippen LogP contribution in [-0.4, -0.2) is 0 Å². The van der Waals surface area contributed by atoms with Gasteiger partial charge in [-0.15, -0.1) is 0 Å². The Hall–Kier alpha value is -2.34. The van der Waals surface area contributed by atoms with Crippen LogP contribution in [0.3, 0.4) is 0 Å². The predicted octanol–water partition coefficient (Wildman–Crippen LogP) is 6.63. The van der Waals surface area contributed by atoms with Crippen molar-refractivity contribution in [1.82, 2.24) is 0 Å². The van der Waals surface area contributed by atoms with Crippen LogP contribution in [0.2, 0.25) is 0 Å². The molecule has 0 aliphatic carbocycles. The van der Waals surface area contributed by atoms with Crippen LogP contribution in [0, 0.1) is 13.8 Å². The summed E-state index contributed by atoms with van der Waals surface area (Å²) in [5, 5.41) is 0. The van der Waals surface area contributed by atoms with Crippen LogP contribution in [0.5, 0.6) is 0 Å². The molecule has 2 unspecified atom stereocenters. The minimum absolute atomic E-state index is 0.433. The van der Waals surface area contributed by atoms with E-state index >= 15 is 0 Å². The maximum absolute atomic E-state index is 2.35. The first kappa shape index (κ1) is 16.5.